The van der Waals surface area contributed by atoms with Gasteiger partial charge in [-0.15, -0.1) is 22.9 Å². The summed E-state index contributed by atoms with van der Waals surface area (Å²) in [5.74, 6) is 0.427. The molecule has 10 heteroatoms. The number of hydrogen-bond donors (Lipinski definition) is 2. The van der Waals surface area contributed by atoms with Gasteiger partial charge in [-0.05, 0) is 56.7 Å². The Morgan fingerprint density at radius 1 is 1.24 bits per heavy atom. The molecule has 0 bridgehead atoms. The minimum absolute atomic E-state index is 0.0482. The summed E-state index contributed by atoms with van der Waals surface area (Å²) < 4.78 is 8.07. The van der Waals surface area contributed by atoms with Crippen molar-refractivity contribution in [2.45, 2.75) is 50.6 Å². The number of fused-ring (bicyclic) bond motifs is 1. The topological polar surface area (TPSA) is 98.1 Å². The molecular formula is C23H26ClN5O3S. The van der Waals surface area contributed by atoms with Crippen LogP contribution in [0.15, 0.2) is 29.2 Å². The number of thiazole rings is 1. The van der Waals surface area contributed by atoms with Gasteiger partial charge in [-0.25, -0.2) is 4.98 Å². The summed E-state index contributed by atoms with van der Waals surface area (Å²) in [7, 11) is 0. The van der Waals surface area contributed by atoms with Crippen LogP contribution in [0, 0.1) is 12.8 Å². The average molecular weight is 488 g/mol. The lowest BCUT2D eigenvalue weighted by atomic mass is 9.89. The monoisotopic (exact) mass is 487 g/mol. The van der Waals surface area contributed by atoms with Gasteiger partial charge in [-0.2, -0.15) is 4.98 Å². The average Bonchev–Trinajstić information content (AvgIpc) is 3.13. The summed E-state index contributed by atoms with van der Waals surface area (Å²) in [5, 5.41) is 7.36. The molecule has 174 valence electrons. The molecule has 2 fully saturated rings. The van der Waals surface area contributed by atoms with Crippen molar-refractivity contribution in [1.82, 2.24) is 19.9 Å². The molecule has 1 saturated heterocycles. The molecule has 2 aliphatic rings. The number of nitrogens with zero attached hydrogens (tertiary/aromatic N) is 3. The van der Waals surface area contributed by atoms with E-state index in [1.807, 2.05) is 29.7 Å². The first-order chi connectivity index (χ1) is 15.9. The van der Waals surface area contributed by atoms with E-state index in [-0.39, 0.29) is 17.0 Å². The zero-order valence-electron chi connectivity index (χ0n) is 18.3. The fourth-order valence-corrected chi connectivity index (χ4v) is 5.42. The molecule has 2 aromatic heterocycles. The molecular weight excluding hydrogens is 462 g/mol. The van der Waals surface area contributed by atoms with E-state index < -0.39 is 11.5 Å². The zero-order chi connectivity index (χ0) is 22.9. The normalized spacial score (nSPS) is 21.0. The van der Waals surface area contributed by atoms with Crippen LogP contribution in [0.25, 0.3) is 10.2 Å². The lowest BCUT2D eigenvalue weighted by Crippen LogP contribution is -2.49. The Morgan fingerprint density at radius 3 is 2.76 bits per heavy atom. The van der Waals surface area contributed by atoms with E-state index in [2.05, 4.69) is 20.6 Å². The predicted molar refractivity (Wildman–Crippen MR) is 130 cm³/mol. The molecule has 0 unspecified atom stereocenters. The third kappa shape index (κ3) is 5.05. The van der Waals surface area contributed by atoms with E-state index in [1.54, 1.807) is 17.5 Å². The molecule has 3 aromatic rings. The Hall–Kier alpha value is -2.49. The number of aryl methyl sites for hydroxylation is 1. The van der Waals surface area contributed by atoms with Crippen molar-refractivity contribution in [2.24, 2.45) is 5.92 Å². The Bertz CT molecular complexity index is 1230. The summed E-state index contributed by atoms with van der Waals surface area (Å²) >= 11 is 7.90. The predicted octanol–water partition coefficient (Wildman–Crippen LogP) is 3.83. The molecule has 8 nitrogen and oxygen atoms in total. The maximum Gasteiger partial charge on any atom is 0.287 e. The summed E-state index contributed by atoms with van der Waals surface area (Å²) in [6.07, 6.45) is 5.59. The second-order valence-corrected chi connectivity index (χ2v) is 10.7. The standard InChI is InChI=1S/C23H26ClN5O3S/c1-13-25-19-7-6-16(8-20(19)33-13)27-23-28-22(31)18(21(30)26-17-11-32-12-17)10-29(23)9-14-2-4-15(24)5-3-14/h6-8,10,14-15,17H,2-5,9,11-12H2,1H3,(H,26,30)(H,27,28,31). The molecule has 1 aliphatic heterocycles. The Balaban J connectivity index is 1.45. The van der Waals surface area contributed by atoms with Crippen LogP contribution in [0.3, 0.4) is 0 Å². The van der Waals surface area contributed by atoms with Crippen LogP contribution in [0.2, 0.25) is 0 Å². The lowest BCUT2D eigenvalue weighted by Gasteiger charge is -2.28. The fourth-order valence-electron chi connectivity index (χ4n) is 4.30. The van der Waals surface area contributed by atoms with Gasteiger partial charge < -0.3 is 19.9 Å². The lowest BCUT2D eigenvalue weighted by molar-refractivity contribution is -0.00350. The van der Waals surface area contributed by atoms with Gasteiger partial charge in [0.15, 0.2) is 0 Å². The number of rotatable bonds is 6. The fraction of sp³-hybridized carbons (Fsp3) is 0.478. The molecule has 0 spiro atoms. The summed E-state index contributed by atoms with van der Waals surface area (Å²) in [4.78, 5) is 34.3. The summed E-state index contributed by atoms with van der Waals surface area (Å²) in [6.45, 7) is 3.57. The first-order valence-corrected chi connectivity index (χ1v) is 12.5. The Morgan fingerprint density at radius 2 is 2.03 bits per heavy atom. The van der Waals surface area contributed by atoms with Gasteiger partial charge in [-0.3, -0.25) is 9.59 Å². The number of ether oxygens (including phenoxy) is 1. The third-order valence-corrected chi connectivity index (χ3v) is 7.57. The zero-order valence-corrected chi connectivity index (χ0v) is 19.9. The number of nitrogens with one attached hydrogen (secondary N) is 2. The number of benzene rings is 1. The summed E-state index contributed by atoms with van der Waals surface area (Å²) in [6, 6.07) is 5.82. The maximum absolute atomic E-state index is 12.8. The largest absolute Gasteiger partial charge is 0.377 e. The molecule has 1 saturated carbocycles. The minimum atomic E-state index is -0.550. The molecule has 3 heterocycles. The first-order valence-electron chi connectivity index (χ1n) is 11.2. The van der Waals surface area contributed by atoms with Gasteiger partial charge in [0.25, 0.3) is 11.5 Å². The van der Waals surface area contributed by atoms with Crippen LogP contribution in [-0.2, 0) is 11.3 Å². The highest BCUT2D eigenvalue weighted by Gasteiger charge is 2.25. The highest BCUT2D eigenvalue weighted by Crippen LogP contribution is 2.30. The molecule has 33 heavy (non-hydrogen) atoms. The highest BCUT2D eigenvalue weighted by molar-refractivity contribution is 7.18. The van der Waals surface area contributed by atoms with E-state index in [0.29, 0.717) is 31.6 Å². The molecule has 1 aliphatic carbocycles. The van der Waals surface area contributed by atoms with E-state index in [9.17, 15) is 9.59 Å². The SMILES string of the molecule is Cc1nc2ccc(Nc3nc(=O)c(C(=O)NC4COC4)cn3CC3CCC(Cl)CC3)cc2s1. The van der Waals surface area contributed by atoms with Gasteiger partial charge >= 0.3 is 0 Å². The number of halogens is 1. The second-order valence-electron chi connectivity index (χ2n) is 8.80. The van der Waals surface area contributed by atoms with Crippen LogP contribution in [-0.4, -0.2) is 45.1 Å². The smallest absolute Gasteiger partial charge is 0.287 e. The first kappa shape index (κ1) is 22.3. The minimum Gasteiger partial charge on any atom is -0.377 e. The van der Waals surface area contributed by atoms with Crippen LogP contribution < -0.4 is 16.2 Å². The maximum atomic E-state index is 12.8. The number of alkyl halides is 1. The van der Waals surface area contributed by atoms with Crippen molar-refractivity contribution in [3.63, 3.8) is 0 Å². The van der Waals surface area contributed by atoms with Crippen LogP contribution >= 0.6 is 22.9 Å². The van der Waals surface area contributed by atoms with Crippen molar-refractivity contribution >= 4 is 50.7 Å². The molecule has 2 N–H and O–H groups in total. The number of carbonyl (C=O) groups excluding carboxylic acids is 1. The quantitative estimate of drug-likeness (QED) is 0.513. The molecule has 0 atom stereocenters. The van der Waals surface area contributed by atoms with Gasteiger partial charge in [0, 0.05) is 23.8 Å². The third-order valence-electron chi connectivity index (χ3n) is 6.20. The van der Waals surface area contributed by atoms with Crippen molar-refractivity contribution in [3.05, 3.63) is 45.3 Å². The van der Waals surface area contributed by atoms with Crippen molar-refractivity contribution in [2.75, 3.05) is 18.5 Å². The molecule has 0 radical (unpaired) electrons. The molecule has 1 amide bonds. The van der Waals surface area contributed by atoms with Crippen LogP contribution in [0.1, 0.15) is 41.0 Å². The Labute approximate surface area is 200 Å². The number of amides is 1. The van der Waals surface area contributed by atoms with E-state index in [1.165, 1.54) is 0 Å². The van der Waals surface area contributed by atoms with Gasteiger partial charge in [0.2, 0.25) is 5.95 Å². The summed E-state index contributed by atoms with van der Waals surface area (Å²) in [5.41, 5.74) is 1.26. The van der Waals surface area contributed by atoms with E-state index in [0.717, 1.165) is 46.6 Å². The van der Waals surface area contributed by atoms with E-state index >= 15 is 0 Å². The number of aromatic nitrogens is 3. The molecule has 1 aromatic carbocycles. The highest BCUT2D eigenvalue weighted by atomic mass is 35.5. The van der Waals surface area contributed by atoms with Gasteiger partial charge in [0.1, 0.15) is 5.56 Å². The number of anilines is 2. The van der Waals surface area contributed by atoms with Gasteiger partial charge in [-0.1, -0.05) is 0 Å². The molecule has 5 rings (SSSR count). The van der Waals surface area contributed by atoms with Crippen LogP contribution in [0.4, 0.5) is 11.6 Å². The van der Waals surface area contributed by atoms with Crippen molar-refractivity contribution in [1.29, 1.82) is 0 Å². The van der Waals surface area contributed by atoms with E-state index in [4.69, 9.17) is 16.3 Å². The van der Waals surface area contributed by atoms with Crippen LogP contribution in [0.5, 0.6) is 0 Å². The number of carbonyl (C=O) groups is 1. The van der Waals surface area contributed by atoms with Crippen molar-refractivity contribution < 1.29 is 9.53 Å². The Kier molecular flexibility index (Phi) is 6.36. The van der Waals surface area contributed by atoms with Gasteiger partial charge in [0.05, 0.1) is 34.5 Å². The van der Waals surface area contributed by atoms with Crippen molar-refractivity contribution in [3.8, 4) is 0 Å². The number of hydrogen-bond acceptors (Lipinski definition) is 7. The second kappa shape index (κ2) is 9.40.